The summed E-state index contributed by atoms with van der Waals surface area (Å²) in [6.07, 6.45) is 1.75. The Morgan fingerprint density at radius 2 is 2.47 bits per heavy atom. The maximum atomic E-state index is 10.1. The van der Waals surface area contributed by atoms with Crippen LogP contribution in [0.4, 0.5) is 0 Å². The van der Waals surface area contributed by atoms with E-state index in [1.807, 2.05) is 23.1 Å². The zero-order valence-electron chi connectivity index (χ0n) is 8.38. The molecule has 0 bridgehead atoms. The summed E-state index contributed by atoms with van der Waals surface area (Å²) in [5.74, 6) is 0.624. The van der Waals surface area contributed by atoms with E-state index in [9.17, 15) is 5.11 Å². The first-order valence-electron chi connectivity index (χ1n) is 4.66. The number of aromatic nitrogens is 1. The Hall–Kier alpha value is -0.650. The van der Waals surface area contributed by atoms with Crippen LogP contribution in [0.3, 0.4) is 0 Å². The molecule has 0 aliphatic carbocycles. The van der Waals surface area contributed by atoms with E-state index in [0.29, 0.717) is 12.3 Å². The molecule has 0 spiro atoms. The lowest BCUT2D eigenvalue weighted by Gasteiger charge is -2.30. The van der Waals surface area contributed by atoms with Gasteiger partial charge in [0.2, 0.25) is 0 Å². The summed E-state index contributed by atoms with van der Waals surface area (Å²) in [5, 5.41) is 10.1. The molecule has 1 fully saturated rings. The van der Waals surface area contributed by atoms with Crippen molar-refractivity contribution in [1.82, 2.24) is 9.88 Å². The molecule has 0 radical (unpaired) electrons. The van der Waals surface area contributed by atoms with Gasteiger partial charge in [0.15, 0.2) is 0 Å². The van der Waals surface area contributed by atoms with Crippen molar-refractivity contribution in [3.05, 3.63) is 30.1 Å². The summed E-state index contributed by atoms with van der Waals surface area (Å²) < 4.78 is 0.741. The molecule has 3 nitrogen and oxygen atoms in total. The van der Waals surface area contributed by atoms with E-state index in [1.165, 1.54) is 11.8 Å². The zero-order valence-corrected chi connectivity index (χ0v) is 10.0. The van der Waals surface area contributed by atoms with Crippen LogP contribution in [0.2, 0.25) is 0 Å². The average molecular weight is 240 g/mol. The fraction of sp³-hybridized carbons (Fsp3) is 0.400. The third kappa shape index (κ3) is 2.30. The summed E-state index contributed by atoms with van der Waals surface area (Å²) >= 11 is 6.70. The summed E-state index contributed by atoms with van der Waals surface area (Å²) in [5.41, 5.74) is 0.0712. The standard InChI is InChI=1S/C10H12N2OS2/c1-10(13)7-15-9(14)12(10)6-8-4-2-3-5-11-8/h2-5,13H,6-7H2,1H3. The maximum absolute atomic E-state index is 10.1. The van der Waals surface area contributed by atoms with Crippen molar-refractivity contribution in [1.29, 1.82) is 0 Å². The van der Waals surface area contributed by atoms with Crippen molar-refractivity contribution in [3.8, 4) is 0 Å². The lowest BCUT2D eigenvalue weighted by Crippen LogP contribution is -2.43. The molecule has 80 valence electrons. The Bertz CT molecular complexity index is 367. The SMILES string of the molecule is CC1(O)CSC(=S)N1Cc1ccccn1. The van der Waals surface area contributed by atoms with Gasteiger partial charge in [0.1, 0.15) is 10.0 Å². The number of pyridine rings is 1. The second-order valence-electron chi connectivity index (χ2n) is 3.68. The Balaban J connectivity index is 2.15. The number of thiocarbonyl (C=S) groups is 1. The van der Waals surface area contributed by atoms with Crippen LogP contribution in [0.5, 0.6) is 0 Å². The van der Waals surface area contributed by atoms with Gasteiger partial charge in [-0.1, -0.05) is 30.0 Å². The van der Waals surface area contributed by atoms with Gasteiger partial charge in [0.25, 0.3) is 0 Å². The van der Waals surface area contributed by atoms with Crippen molar-refractivity contribution in [2.24, 2.45) is 0 Å². The van der Waals surface area contributed by atoms with Gasteiger partial charge in [-0.15, -0.1) is 0 Å². The van der Waals surface area contributed by atoms with E-state index in [1.54, 1.807) is 13.1 Å². The Kier molecular flexibility index (Phi) is 2.95. The summed E-state index contributed by atoms with van der Waals surface area (Å²) in [6.45, 7) is 2.35. The van der Waals surface area contributed by atoms with Gasteiger partial charge in [-0.2, -0.15) is 0 Å². The lowest BCUT2D eigenvalue weighted by molar-refractivity contribution is -0.0276. The third-order valence-electron chi connectivity index (χ3n) is 2.32. The number of nitrogens with zero attached hydrogens (tertiary/aromatic N) is 2. The zero-order chi connectivity index (χ0) is 10.9. The van der Waals surface area contributed by atoms with Crippen molar-refractivity contribution in [2.45, 2.75) is 19.2 Å². The van der Waals surface area contributed by atoms with Gasteiger partial charge >= 0.3 is 0 Å². The summed E-state index contributed by atoms with van der Waals surface area (Å²) in [6, 6.07) is 5.74. The van der Waals surface area contributed by atoms with Crippen molar-refractivity contribution < 1.29 is 5.11 Å². The number of rotatable bonds is 2. The van der Waals surface area contributed by atoms with Gasteiger partial charge in [-0.05, 0) is 19.1 Å². The quantitative estimate of drug-likeness (QED) is 0.795. The smallest absolute Gasteiger partial charge is 0.145 e. The molecule has 1 saturated heterocycles. The van der Waals surface area contributed by atoms with Crippen LogP contribution in [0, 0.1) is 0 Å². The van der Waals surface area contributed by atoms with E-state index < -0.39 is 5.72 Å². The first-order valence-corrected chi connectivity index (χ1v) is 6.06. The van der Waals surface area contributed by atoms with Crippen molar-refractivity contribution in [3.63, 3.8) is 0 Å². The third-order valence-corrected chi connectivity index (χ3v) is 4.05. The van der Waals surface area contributed by atoms with E-state index in [-0.39, 0.29) is 0 Å². The van der Waals surface area contributed by atoms with Gasteiger partial charge < -0.3 is 10.0 Å². The highest BCUT2D eigenvalue weighted by Gasteiger charge is 2.38. The van der Waals surface area contributed by atoms with E-state index in [4.69, 9.17) is 12.2 Å². The molecular weight excluding hydrogens is 228 g/mol. The van der Waals surface area contributed by atoms with Gasteiger partial charge in [0.05, 0.1) is 12.2 Å². The normalized spacial score (nSPS) is 26.0. The lowest BCUT2D eigenvalue weighted by atomic mass is 10.2. The average Bonchev–Trinajstić information content (AvgIpc) is 2.47. The van der Waals surface area contributed by atoms with Crippen molar-refractivity contribution in [2.75, 3.05) is 5.75 Å². The number of thioether (sulfide) groups is 1. The second kappa shape index (κ2) is 4.08. The first kappa shape index (κ1) is 10.9. The Morgan fingerprint density at radius 1 is 1.67 bits per heavy atom. The van der Waals surface area contributed by atoms with Crippen molar-refractivity contribution >= 4 is 28.3 Å². The molecular formula is C10H12N2OS2. The van der Waals surface area contributed by atoms with Crippen LogP contribution >= 0.6 is 24.0 Å². The van der Waals surface area contributed by atoms with Crippen LogP contribution in [0.15, 0.2) is 24.4 Å². The molecule has 1 atom stereocenters. The highest BCUT2D eigenvalue weighted by Crippen LogP contribution is 2.32. The fourth-order valence-corrected chi connectivity index (χ4v) is 2.85. The van der Waals surface area contributed by atoms with Crippen LogP contribution in [0.1, 0.15) is 12.6 Å². The summed E-state index contributed by atoms with van der Waals surface area (Å²) in [4.78, 5) is 6.04. The Labute approximate surface area is 98.5 Å². The Morgan fingerprint density at radius 3 is 3.00 bits per heavy atom. The van der Waals surface area contributed by atoms with Crippen LogP contribution in [0.25, 0.3) is 0 Å². The second-order valence-corrected chi connectivity index (χ2v) is 5.29. The van der Waals surface area contributed by atoms with Gasteiger partial charge in [-0.25, -0.2) is 0 Å². The number of hydrogen-bond acceptors (Lipinski definition) is 4. The molecule has 1 aliphatic rings. The number of hydrogen-bond donors (Lipinski definition) is 1. The van der Waals surface area contributed by atoms with E-state index in [2.05, 4.69) is 4.98 Å². The molecule has 1 unspecified atom stereocenters. The molecule has 0 aromatic carbocycles. The predicted molar refractivity (Wildman–Crippen MR) is 65.5 cm³/mol. The maximum Gasteiger partial charge on any atom is 0.145 e. The summed E-state index contributed by atoms with van der Waals surface area (Å²) in [7, 11) is 0. The number of aliphatic hydroxyl groups is 1. The molecule has 1 N–H and O–H groups in total. The topological polar surface area (TPSA) is 36.4 Å². The monoisotopic (exact) mass is 240 g/mol. The van der Waals surface area contributed by atoms with Gasteiger partial charge in [0, 0.05) is 11.9 Å². The molecule has 1 aromatic rings. The molecule has 1 aromatic heterocycles. The molecule has 2 rings (SSSR count). The molecule has 15 heavy (non-hydrogen) atoms. The molecule has 2 heterocycles. The molecule has 0 saturated carbocycles. The largest absolute Gasteiger partial charge is 0.370 e. The molecule has 0 amide bonds. The van der Waals surface area contributed by atoms with Crippen LogP contribution < -0.4 is 0 Å². The van der Waals surface area contributed by atoms with E-state index >= 15 is 0 Å². The van der Waals surface area contributed by atoms with Crippen LogP contribution in [-0.2, 0) is 6.54 Å². The minimum absolute atomic E-state index is 0.569. The van der Waals surface area contributed by atoms with E-state index in [0.717, 1.165) is 10.0 Å². The van der Waals surface area contributed by atoms with Gasteiger partial charge in [-0.3, -0.25) is 4.98 Å². The first-order chi connectivity index (χ1) is 7.09. The highest BCUT2D eigenvalue weighted by molar-refractivity contribution is 8.23. The highest BCUT2D eigenvalue weighted by atomic mass is 32.2. The molecule has 5 heteroatoms. The minimum atomic E-state index is -0.848. The fourth-order valence-electron chi connectivity index (χ4n) is 1.44. The van der Waals surface area contributed by atoms with Crippen LogP contribution in [-0.4, -0.2) is 30.8 Å². The molecule has 1 aliphatic heterocycles. The predicted octanol–water partition coefficient (Wildman–Crippen LogP) is 1.62. The minimum Gasteiger partial charge on any atom is -0.370 e.